The fourth-order valence-corrected chi connectivity index (χ4v) is 5.57. The Morgan fingerprint density at radius 2 is 1.60 bits per heavy atom. The van der Waals surface area contributed by atoms with Crippen LogP contribution in [0.4, 0.5) is 5.69 Å². The molecule has 2 amide bonds. The monoisotopic (exact) mass is 421 g/mol. The summed E-state index contributed by atoms with van der Waals surface area (Å²) >= 11 is 1.82. The van der Waals surface area contributed by atoms with Crippen LogP contribution >= 0.6 is 11.8 Å². The van der Waals surface area contributed by atoms with Crippen molar-refractivity contribution in [3.8, 4) is 0 Å². The number of hydrogen-bond acceptors (Lipinski definition) is 4. The maximum Gasteiger partial charge on any atom is 0.241 e. The molecule has 2 aliphatic heterocycles. The van der Waals surface area contributed by atoms with Gasteiger partial charge in [-0.2, -0.15) is 0 Å². The highest BCUT2D eigenvalue weighted by Crippen LogP contribution is 2.43. The molecule has 2 fully saturated rings. The zero-order chi connectivity index (χ0) is 20.5. The number of fused-ring (bicyclic) bond motifs is 1. The third-order valence-electron chi connectivity index (χ3n) is 6.26. The number of piperazine rings is 1. The van der Waals surface area contributed by atoms with Gasteiger partial charge in [-0.3, -0.25) is 14.5 Å². The minimum Gasteiger partial charge on any atom is -0.340 e. The summed E-state index contributed by atoms with van der Waals surface area (Å²) in [5.41, 5.74) is 2.18. The zero-order valence-electron chi connectivity index (χ0n) is 17.1. The summed E-state index contributed by atoms with van der Waals surface area (Å²) in [5, 5.41) is 0. The van der Waals surface area contributed by atoms with Gasteiger partial charge in [0.1, 0.15) is 0 Å². The molecule has 1 saturated carbocycles. The average Bonchev–Trinajstić information content (AvgIpc) is 3.64. The molecule has 1 atom stereocenters. The topological polar surface area (TPSA) is 43.9 Å². The lowest BCUT2D eigenvalue weighted by Gasteiger charge is -2.40. The Balaban J connectivity index is 1.31. The highest BCUT2D eigenvalue weighted by Gasteiger charge is 2.36. The molecule has 1 saturated heterocycles. The highest BCUT2D eigenvalue weighted by molar-refractivity contribution is 7.99. The molecule has 0 unspecified atom stereocenters. The van der Waals surface area contributed by atoms with E-state index in [1.165, 1.54) is 5.56 Å². The van der Waals surface area contributed by atoms with E-state index in [2.05, 4.69) is 29.2 Å². The van der Waals surface area contributed by atoms with Gasteiger partial charge < -0.3 is 9.80 Å². The van der Waals surface area contributed by atoms with Crippen molar-refractivity contribution in [2.24, 2.45) is 5.92 Å². The molecular formula is C24H27N3O2S. The number of anilines is 1. The number of amides is 2. The van der Waals surface area contributed by atoms with Crippen molar-refractivity contribution in [3.63, 3.8) is 0 Å². The summed E-state index contributed by atoms with van der Waals surface area (Å²) in [5.74, 6) is 1.58. The molecule has 5 nitrogen and oxygen atoms in total. The molecule has 0 spiro atoms. The molecule has 156 valence electrons. The quantitative estimate of drug-likeness (QED) is 0.759. The summed E-state index contributed by atoms with van der Waals surface area (Å²) in [6, 6.07) is 18.6. The molecule has 0 radical (unpaired) electrons. The van der Waals surface area contributed by atoms with Crippen LogP contribution in [0, 0.1) is 5.92 Å². The first-order chi connectivity index (χ1) is 14.7. The summed E-state index contributed by atoms with van der Waals surface area (Å²) in [7, 11) is 0. The predicted octanol–water partition coefficient (Wildman–Crippen LogP) is 3.42. The van der Waals surface area contributed by atoms with Gasteiger partial charge in [0.2, 0.25) is 11.8 Å². The standard InChI is InChI=1S/C24H27N3O2S/c28-23(16-25-12-14-26(15-13-25)24(29)19-10-11-19)27-20-8-4-5-9-22(20)30-17-21(27)18-6-2-1-3-7-18/h1-9,19,21H,10-17H2/t21-/m1/s1. The first kappa shape index (κ1) is 19.6. The van der Waals surface area contributed by atoms with Crippen LogP contribution < -0.4 is 4.90 Å². The van der Waals surface area contributed by atoms with Crippen LogP contribution in [-0.2, 0) is 9.59 Å². The summed E-state index contributed by atoms with van der Waals surface area (Å²) in [6.45, 7) is 3.40. The van der Waals surface area contributed by atoms with E-state index in [1.807, 2.05) is 51.9 Å². The van der Waals surface area contributed by atoms with Crippen LogP contribution in [0.3, 0.4) is 0 Å². The van der Waals surface area contributed by atoms with Gasteiger partial charge in [-0.05, 0) is 30.5 Å². The third-order valence-corrected chi connectivity index (χ3v) is 7.39. The number of carbonyl (C=O) groups excluding carboxylic acids is 2. The maximum atomic E-state index is 13.5. The molecule has 30 heavy (non-hydrogen) atoms. The van der Waals surface area contributed by atoms with E-state index in [-0.39, 0.29) is 17.9 Å². The van der Waals surface area contributed by atoms with Crippen molar-refractivity contribution in [2.75, 3.05) is 43.4 Å². The smallest absolute Gasteiger partial charge is 0.241 e. The van der Waals surface area contributed by atoms with Crippen LogP contribution in [0.5, 0.6) is 0 Å². The van der Waals surface area contributed by atoms with Crippen LogP contribution in [0.25, 0.3) is 0 Å². The van der Waals surface area contributed by atoms with Crippen molar-refractivity contribution in [3.05, 3.63) is 60.2 Å². The predicted molar refractivity (Wildman–Crippen MR) is 120 cm³/mol. The lowest BCUT2D eigenvalue weighted by molar-refractivity contribution is -0.134. The molecule has 6 heteroatoms. The Bertz CT molecular complexity index is 923. The lowest BCUT2D eigenvalue weighted by atomic mass is 10.1. The molecular weight excluding hydrogens is 394 g/mol. The van der Waals surface area contributed by atoms with Gasteiger partial charge in [-0.25, -0.2) is 0 Å². The van der Waals surface area contributed by atoms with Crippen LogP contribution in [-0.4, -0.2) is 60.1 Å². The van der Waals surface area contributed by atoms with E-state index in [9.17, 15) is 9.59 Å². The van der Waals surface area contributed by atoms with Gasteiger partial charge >= 0.3 is 0 Å². The highest BCUT2D eigenvalue weighted by atomic mass is 32.2. The second-order valence-electron chi connectivity index (χ2n) is 8.34. The number of para-hydroxylation sites is 1. The van der Waals surface area contributed by atoms with Crippen molar-refractivity contribution in [1.82, 2.24) is 9.80 Å². The normalized spacial score (nSPS) is 21.9. The second-order valence-corrected chi connectivity index (χ2v) is 9.41. The van der Waals surface area contributed by atoms with Gasteiger partial charge in [0.25, 0.3) is 0 Å². The van der Waals surface area contributed by atoms with E-state index >= 15 is 0 Å². The fourth-order valence-electron chi connectivity index (χ4n) is 4.40. The Morgan fingerprint density at radius 1 is 0.900 bits per heavy atom. The summed E-state index contributed by atoms with van der Waals surface area (Å²) in [4.78, 5) is 33.2. The summed E-state index contributed by atoms with van der Waals surface area (Å²) in [6.07, 6.45) is 2.09. The Kier molecular flexibility index (Phi) is 5.52. The lowest BCUT2D eigenvalue weighted by Crippen LogP contribution is -2.52. The first-order valence-electron chi connectivity index (χ1n) is 10.8. The molecule has 1 aliphatic carbocycles. The molecule has 2 aromatic carbocycles. The van der Waals surface area contributed by atoms with E-state index in [0.29, 0.717) is 12.5 Å². The fraction of sp³-hybridized carbons (Fsp3) is 0.417. The molecule has 0 bridgehead atoms. The number of nitrogens with zero attached hydrogens (tertiary/aromatic N) is 3. The average molecular weight is 422 g/mol. The maximum absolute atomic E-state index is 13.5. The largest absolute Gasteiger partial charge is 0.340 e. The van der Waals surface area contributed by atoms with Crippen LogP contribution in [0.2, 0.25) is 0 Å². The van der Waals surface area contributed by atoms with E-state index in [4.69, 9.17) is 0 Å². The zero-order valence-corrected chi connectivity index (χ0v) is 17.9. The minimum absolute atomic E-state index is 0.0383. The molecule has 2 heterocycles. The van der Waals surface area contributed by atoms with E-state index in [0.717, 1.165) is 55.4 Å². The van der Waals surface area contributed by atoms with Crippen LogP contribution in [0.1, 0.15) is 24.4 Å². The third kappa shape index (κ3) is 3.98. The van der Waals surface area contributed by atoms with Gasteiger partial charge in [-0.15, -0.1) is 11.8 Å². The minimum atomic E-state index is 0.0383. The number of rotatable bonds is 4. The molecule has 0 aromatic heterocycles. The number of thioether (sulfide) groups is 1. The van der Waals surface area contributed by atoms with Crippen molar-refractivity contribution in [2.45, 2.75) is 23.8 Å². The van der Waals surface area contributed by atoms with Gasteiger partial charge in [0, 0.05) is 42.7 Å². The van der Waals surface area contributed by atoms with E-state index in [1.54, 1.807) is 0 Å². The first-order valence-corrected chi connectivity index (χ1v) is 11.8. The van der Waals surface area contributed by atoms with Crippen molar-refractivity contribution in [1.29, 1.82) is 0 Å². The Hall–Kier alpha value is -2.31. The van der Waals surface area contributed by atoms with Crippen LogP contribution in [0.15, 0.2) is 59.5 Å². The molecule has 0 N–H and O–H groups in total. The number of hydrogen-bond donors (Lipinski definition) is 0. The van der Waals surface area contributed by atoms with Gasteiger partial charge in [0.05, 0.1) is 18.3 Å². The SMILES string of the molecule is O=C(C1CC1)N1CCN(CC(=O)N2c3ccccc3SC[C@@H]2c2ccccc2)CC1. The molecule has 5 rings (SSSR count). The van der Waals surface area contributed by atoms with E-state index < -0.39 is 0 Å². The Labute approximate surface area is 182 Å². The Morgan fingerprint density at radius 3 is 2.33 bits per heavy atom. The molecule has 3 aliphatic rings. The number of benzene rings is 2. The van der Waals surface area contributed by atoms with Gasteiger partial charge in [-0.1, -0.05) is 42.5 Å². The molecule has 2 aromatic rings. The summed E-state index contributed by atoms with van der Waals surface area (Å²) < 4.78 is 0. The van der Waals surface area contributed by atoms with Crippen molar-refractivity contribution < 1.29 is 9.59 Å². The van der Waals surface area contributed by atoms with Gasteiger partial charge in [0.15, 0.2) is 0 Å². The van der Waals surface area contributed by atoms with Crippen molar-refractivity contribution >= 4 is 29.3 Å². The second kappa shape index (κ2) is 8.44. The number of carbonyl (C=O) groups is 2.